The van der Waals surface area contributed by atoms with Gasteiger partial charge in [-0.15, -0.1) is 0 Å². The number of carbonyl (C=O) groups excluding carboxylic acids is 1. The Bertz CT molecular complexity index is 532. The van der Waals surface area contributed by atoms with Crippen molar-refractivity contribution in [3.05, 3.63) is 34.9 Å². The van der Waals surface area contributed by atoms with Crippen LogP contribution in [0.3, 0.4) is 0 Å². The molecule has 1 aromatic rings. The first-order valence-corrected chi connectivity index (χ1v) is 6.44. The Kier molecular flexibility index (Phi) is 5.98. The summed E-state index contributed by atoms with van der Waals surface area (Å²) in [6.07, 6.45) is -0.696. The van der Waals surface area contributed by atoms with E-state index in [2.05, 4.69) is 10.6 Å². The fourth-order valence-corrected chi connectivity index (χ4v) is 1.73. The minimum atomic E-state index is -1.49. The van der Waals surface area contributed by atoms with Crippen molar-refractivity contribution in [2.45, 2.75) is 25.4 Å². The number of carbonyl (C=O) groups is 3. The van der Waals surface area contributed by atoms with Crippen LogP contribution >= 0.6 is 11.6 Å². The summed E-state index contributed by atoms with van der Waals surface area (Å²) in [5, 5.41) is 22.6. The molecule has 0 aromatic heterocycles. The van der Waals surface area contributed by atoms with Gasteiger partial charge < -0.3 is 20.8 Å². The standard InChI is InChI=1S/C13H15ClN2O5/c1-7(8-2-4-9(14)5-3-8)15-13(21)16-10(12(19)20)6-11(17)18/h2-5,7,10H,6H2,1H3,(H,17,18)(H,19,20)(H2,15,16,21)/t7?,10-/m0/s1. The molecule has 114 valence electrons. The number of carboxylic acid groups (broad SMARTS) is 2. The highest BCUT2D eigenvalue weighted by Gasteiger charge is 2.23. The van der Waals surface area contributed by atoms with Crippen molar-refractivity contribution in [2.24, 2.45) is 0 Å². The molecule has 2 atom stereocenters. The van der Waals surface area contributed by atoms with Crippen LogP contribution < -0.4 is 10.6 Å². The van der Waals surface area contributed by atoms with Gasteiger partial charge in [0.05, 0.1) is 12.5 Å². The Morgan fingerprint density at radius 2 is 1.71 bits per heavy atom. The van der Waals surface area contributed by atoms with Crippen LogP contribution in [0.4, 0.5) is 4.79 Å². The second-order valence-corrected chi connectivity index (χ2v) is 4.82. The number of halogens is 1. The number of aliphatic carboxylic acids is 2. The van der Waals surface area contributed by atoms with Gasteiger partial charge in [-0.1, -0.05) is 23.7 Å². The van der Waals surface area contributed by atoms with Crippen LogP contribution in [0.15, 0.2) is 24.3 Å². The predicted molar refractivity (Wildman–Crippen MR) is 75.2 cm³/mol. The molecule has 0 aliphatic carbocycles. The Labute approximate surface area is 125 Å². The highest BCUT2D eigenvalue weighted by molar-refractivity contribution is 6.30. The zero-order valence-corrected chi connectivity index (χ0v) is 11.9. The third kappa shape index (κ3) is 5.70. The molecule has 21 heavy (non-hydrogen) atoms. The van der Waals surface area contributed by atoms with E-state index in [1.54, 1.807) is 31.2 Å². The van der Waals surface area contributed by atoms with Gasteiger partial charge in [0, 0.05) is 5.02 Å². The highest BCUT2D eigenvalue weighted by atomic mass is 35.5. The van der Waals surface area contributed by atoms with E-state index in [4.69, 9.17) is 21.8 Å². The average molecular weight is 315 g/mol. The van der Waals surface area contributed by atoms with E-state index in [9.17, 15) is 14.4 Å². The first-order valence-electron chi connectivity index (χ1n) is 6.06. The van der Waals surface area contributed by atoms with Gasteiger partial charge in [-0.2, -0.15) is 0 Å². The van der Waals surface area contributed by atoms with Crippen molar-refractivity contribution in [3.63, 3.8) is 0 Å². The number of nitrogens with one attached hydrogen (secondary N) is 2. The zero-order chi connectivity index (χ0) is 16.0. The molecule has 0 heterocycles. The maximum Gasteiger partial charge on any atom is 0.326 e. The molecule has 0 fully saturated rings. The zero-order valence-electron chi connectivity index (χ0n) is 11.2. The van der Waals surface area contributed by atoms with Crippen LogP contribution in [0.2, 0.25) is 5.02 Å². The molecule has 0 bridgehead atoms. The molecule has 1 unspecified atom stereocenters. The monoisotopic (exact) mass is 314 g/mol. The minimum Gasteiger partial charge on any atom is -0.481 e. The summed E-state index contributed by atoms with van der Waals surface area (Å²) in [4.78, 5) is 33.1. The number of amides is 2. The highest BCUT2D eigenvalue weighted by Crippen LogP contribution is 2.15. The molecule has 0 aliphatic heterocycles. The SMILES string of the molecule is CC(NC(=O)N[C@@H](CC(=O)O)C(=O)O)c1ccc(Cl)cc1. The van der Waals surface area contributed by atoms with E-state index in [-0.39, 0.29) is 6.04 Å². The predicted octanol–water partition coefficient (Wildman–Crippen LogP) is 1.63. The molecular weight excluding hydrogens is 300 g/mol. The first-order chi connectivity index (χ1) is 9.79. The second-order valence-electron chi connectivity index (χ2n) is 4.38. The second kappa shape index (κ2) is 7.49. The number of benzene rings is 1. The molecule has 2 amide bonds. The topological polar surface area (TPSA) is 116 Å². The van der Waals surface area contributed by atoms with Gasteiger partial charge in [0.2, 0.25) is 0 Å². The van der Waals surface area contributed by atoms with Gasteiger partial charge in [0.1, 0.15) is 6.04 Å². The Balaban J connectivity index is 2.61. The molecule has 0 saturated carbocycles. The van der Waals surface area contributed by atoms with E-state index < -0.39 is 30.4 Å². The van der Waals surface area contributed by atoms with Crippen molar-refractivity contribution in [3.8, 4) is 0 Å². The number of rotatable bonds is 6. The Morgan fingerprint density at radius 3 is 2.19 bits per heavy atom. The minimum absolute atomic E-state index is 0.387. The molecule has 0 aliphatic rings. The molecule has 0 radical (unpaired) electrons. The summed E-state index contributed by atoms with van der Waals surface area (Å²) in [6, 6.07) is 4.14. The van der Waals surface area contributed by atoms with E-state index in [1.807, 2.05) is 0 Å². The van der Waals surface area contributed by atoms with Crippen LogP contribution in [-0.2, 0) is 9.59 Å². The average Bonchev–Trinajstić information content (AvgIpc) is 2.37. The largest absolute Gasteiger partial charge is 0.481 e. The van der Waals surface area contributed by atoms with Gasteiger partial charge in [-0.25, -0.2) is 9.59 Å². The van der Waals surface area contributed by atoms with Crippen molar-refractivity contribution in [1.29, 1.82) is 0 Å². The molecule has 8 heteroatoms. The number of carboxylic acids is 2. The molecule has 4 N–H and O–H groups in total. The number of urea groups is 1. The summed E-state index contributed by atoms with van der Waals surface area (Å²) >= 11 is 5.75. The lowest BCUT2D eigenvalue weighted by atomic mass is 10.1. The fraction of sp³-hybridized carbons (Fsp3) is 0.308. The summed E-state index contributed by atoms with van der Waals surface area (Å²) in [7, 11) is 0. The Morgan fingerprint density at radius 1 is 1.14 bits per heavy atom. The van der Waals surface area contributed by atoms with Crippen molar-refractivity contribution < 1.29 is 24.6 Å². The summed E-state index contributed by atoms with van der Waals surface area (Å²) in [5.74, 6) is -2.72. The van der Waals surface area contributed by atoms with Gasteiger partial charge in [0.15, 0.2) is 0 Å². The lowest BCUT2D eigenvalue weighted by Crippen LogP contribution is -2.47. The number of hydrogen-bond acceptors (Lipinski definition) is 3. The van der Waals surface area contributed by atoms with Gasteiger partial charge in [0.25, 0.3) is 0 Å². The van der Waals surface area contributed by atoms with Gasteiger partial charge >= 0.3 is 18.0 Å². The van der Waals surface area contributed by atoms with E-state index in [1.165, 1.54) is 0 Å². The van der Waals surface area contributed by atoms with Crippen molar-refractivity contribution in [2.75, 3.05) is 0 Å². The lowest BCUT2D eigenvalue weighted by Gasteiger charge is -2.17. The van der Waals surface area contributed by atoms with Gasteiger partial charge in [-0.05, 0) is 24.6 Å². The third-order valence-electron chi connectivity index (χ3n) is 2.70. The molecular formula is C13H15ClN2O5. The van der Waals surface area contributed by atoms with Crippen molar-refractivity contribution >= 4 is 29.6 Å². The third-order valence-corrected chi connectivity index (χ3v) is 2.95. The maximum atomic E-state index is 11.7. The Hall–Kier alpha value is -2.28. The van der Waals surface area contributed by atoms with Crippen LogP contribution in [0.5, 0.6) is 0 Å². The van der Waals surface area contributed by atoms with Crippen LogP contribution in [0, 0.1) is 0 Å². The first kappa shape index (κ1) is 16.8. The molecule has 1 rings (SSSR count). The fourth-order valence-electron chi connectivity index (χ4n) is 1.61. The van der Waals surface area contributed by atoms with Gasteiger partial charge in [-0.3, -0.25) is 4.79 Å². The summed E-state index contributed by atoms with van der Waals surface area (Å²) < 4.78 is 0. The van der Waals surface area contributed by atoms with E-state index in [0.717, 1.165) is 5.56 Å². The van der Waals surface area contributed by atoms with E-state index >= 15 is 0 Å². The summed E-state index contributed by atoms with van der Waals surface area (Å²) in [6.45, 7) is 1.70. The van der Waals surface area contributed by atoms with Crippen LogP contribution in [0.25, 0.3) is 0 Å². The normalized spacial score (nSPS) is 13.0. The molecule has 0 spiro atoms. The molecule has 1 aromatic carbocycles. The van der Waals surface area contributed by atoms with Crippen LogP contribution in [-0.4, -0.2) is 34.2 Å². The van der Waals surface area contributed by atoms with Crippen molar-refractivity contribution in [1.82, 2.24) is 10.6 Å². The molecule has 0 saturated heterocycles. The maximum absolute atomic E-state index is 11.7. The van der Waals surface area contributed by atoms with Crippen LogP contribution in [0.1, 0.15) is 24.9 Å². The summed E-state index contributed by atoms with van der Waals surface area (Å²) in [5.41, 5.74) is 0.777. The smallest absolute Gasteiger partial charge is 0.326 e. The lowest BCUT2D eigenvalue weighted by molar-refractivity contribution is -0.145. The number of hydrogen-bond donors (Lipinski definition) is 4. The molecule has 7 nitrogen and oxygen atoms in total. The van der Waals surface area contributed by atoms with E-state index in [0.29, 0.717) is 5.02 Å². The quantitative estimate of drug-likeness (QED) is 0.637.